The Morgan fingerprint density at radius 2 is 1.71 bits per heavy atom. The molecule has 0 saturated carbocycles. The minimum atomic E-state index is -4.00. The van der Waals surface area contributed by atoms with E-state index in [9.17, 15) is 13.2 Å². The molecule has 0 spiro atoms. The molecule has 2 heterocycles. The van der Waals surface area contributed by atoms with Gasteiger partial charge in [0.2, 0.25) is 0 Å². The molecule has 12 heteroatoms. The van der Waals surface area contributed by atoms with E-state index in [1.165, 1.54) is 17.7 Å². The second-order valence-corrected chi connectivity index (χ2v) is 10.3. The fourth-order valence-electron chi connectivity index (χ4n) is 3.65. The van der Waals surface area contributed by atoms with Crippen LogP contribution in [0.5, 0.6) is 0 Å². The van der Waals surface area contributed by atoms with Gasteiger partial charge in [-0.05, 0) is 62.2 Å². The topological polar surface area (TPSA) is 169 Å². The van der Waals surface area contributed by atoms with Crippen LogP contribution in [0.1, 0.15) is 28.9 Å². The van der Waals surface area contributed by atoms with E-state index in [1.807, 2.05) is 12.1 Å². The van der Waals surface area contributed by atoms with Gasteiger partial charge in [-0.25, -0.2) is 9.97 Å². The van der Waals surface area contributed by atoms with Crippen molar-refractivity contribution in [2.24, 2.45) is 0 Å². The van der Waals surface area contributed by atoms with Gasteiger partial charge in [-0.1, -0.05) is 42.5 Å². The summed E-state index contributed by atoms with van der Waals surface area (Å²) < 4.78 is 34.3. The van der Waals surface area contributed by atoms with E-state index in [4.69, 9.17) is 15.0 Å². The lowest BCUT2D eigenvalue weighted by Gasteiger charge is -2.09. The molecule has 0 aliphatic rings. The third-order valence-corrected chi connectivity index (χ3v) is 6.61. The highest BCUT2D eigenvalue weighted by molar-refractivity contribution is 7.85. The van der Waals surface area contributed by atoms with Crippen LogP contribution in [0.15, 0.2) is 90.2 Å². The fourth-order valence-corrected chi connectivity index (χ4v) is 4.15. The Kier molecular flexibility index (Phi) is 12.3. The summed E-state index contributed by atoms with van der Waals surface area (Å²) in [5.74, 6) is -0.339. The number of rotatable bonds is 12. The number of hydrogen-bond acceptors (Lipinski definition) is 9. The molecule has 0 aliphatic carbocycles. The molecule has 11 nitrogen and oxygen atoms in total. The Balaban J connectivity index is 0.000000389. The van der Waals surface area contributed by atoms with E-state index in [0.29, 0.717) is 11.4 Å². The monoisotopic (exact) mass is 578 g/mol. The number of carbonyl (C=O) groups is 1. The van der Waals surface area contributed by atoms with Crippen molar-refractivity contribution in [2.75, 3.05) is 37.9 Å². The summed E-state index contributed by atoms with van der Waals surface area (Å²) in [6.45, 7) is 2.74. The molecule has 0 atom stereocenters. The largest absolute Gasteiger partial charge is 0.385 e. The molecule has 4 aromatic rings. The van der Waals surface area contributed by atoms with Crippen molar-refractivity contribution in [3.8, 4) is 11.3 Å². The SMILES string of the molecule is COCCCNCCCc1ccc(-c2cnc(N)c(C(=O)Nc3cccnc3)n2)cc1.O=S(=O)(O)c1ccccc1. The Bertz CT molecular complexity index is 1470. The highest BCUT2D eigenvalue weighted by Gasteiger charge is 2.15. The van der Waals surface area contributed by atoms with Crippen molar-refractivity contribution in [2.45, 2.75) is 24.2 Å². The predicted molar refractivity (Wildman–Crippen MR) is 158 cm³/mol. The van der Waals surface area contributed by atoms with Gasteiger partial charge in [0.15, 0.2) is 11.5 Å². The molecule has 0 aliphatic heterocycles. The summed E-state index contributed by atoms with van der Waals surface area (Å²) in [5, 5.41) is 6.15. The Labute approximate surface area is 240 Å². The van der Waals surface area contributed by atoms with Crippen molar-refractivity contribution in [3.05, 3.63) is 96.6 Å². The first-order valence-electron chi connectivity index (χ1n) is 12.9. The molecule has 0 bridgehead atoms. The Hall–Kier alpha value is -4.23. The predicted octanol–water partition coefficient (Wildman–Crippen LogP) is 3.87. The maximum absolute atomic E-state index is 12.6. The van der Waals surface area contributed by atoms with Gasteiger partial charge in [0.1, 0.15) is 0 Å². The lowest BCUT2D eigenvalue weighted by atomic mass is 10.1. The lowest BCUT2D eigenvalue weighted by molar-refractivity contribution is 0.102. The van der Waals surface area contributed by atoms with Gasteiger partial charge >= 0.3 is 0 Å². The molecule has 4 rings (SSSR count). The summed E-state index contributed by atoms with van der Waals surface area (Å²) in [5.41, 5.74) is 9.27. The Morgan fingerprint density at radius 1 is 0.976 bits per heavy atom. The van der Waals surface area contributed by atoms with Gasteiger partial charge in [0.05, 0.1) is 28.7 Å². The van der Waals surface area contributed by atoms with E-state index in [0.717, 1.165) is 44.5 Å². The number of nitrogens with zero attached hydrogens (tertiary/aromatic N) is 3. The quantitative estimate of drug-likeness (QED) is 0.143. The van der Waals surface area contributed by atoms with Crippen molar-refractivity contribution in [1.82, 2.24) is 20.3 Å². The third kappa shape index (κ3) is 10.7. The fraction of sp³-hybridized carbons (Fsp3) is 0.241. The lowest BCUT2D eigenvalue weighted by Crippen LogP contribution is -2.18. The van der Waals surface area contributed by atoms with Crippen LogP contribution in [0.3, 0.4) is 0 Å². The average Bonchev–Trinajstić information content (AvgIpc) is 2.98. The molecule has 1 amide bonds. The molecular formula is C29H34N6O5S. The zero-order valence-corrected chi connectivity index (χ0v) is 23.5. The maximum atomic E-state index is 12.6. The normalized spacial score (nSPS) is 10.9. The number of pyridine rings is 1. The van der Waals surface area contributed by atoms with Crippen LogP contribution in [0.4, 0.5) is 11.5 Å². The summed E-state index contributed by atoms with van der Waals surface area (Å²) in [7, 11) is -2.28. The number of nitrogens with one attached hydrogen (secondary N) is 2. The molecule has 41 heavy (non-hydrogen) atoms. The number of methoxy groups -OCH3 is 1. The second-order valence-electron chi connectivity index (χ2n) is 8.87. The molecule has 216 valence electrons. The van der Waals surface area contributed by atoms with Gasteiger partial charge in [-0.3, -0.25) is 14.3 Å². The van der Waals surface area contributed by atoms with Crippen LogP contribution >= 0.6 is 0 Å². The van der Waals surface area contributed by atoms with Crippen molar-refractivity contribution >= 4 is 27.5 Å². The maximum Gasteiger partial charge on any atom is 0.294 e. The van der Waals surface area contributed by atoms with E-state index in [-0.39, 0.29) is 16.4 Å². The first kappa shape index (κ1) is 31.3. The number of aryl methyl sites for hydroxylation is 1. The molecule has 0 saturated heterocycles. The summed E-state index contributed by atoms with van der Waals surface area (Å²) in [6.07, 6.45) is 7.84. The van der Waals surface area contributed by atoms with Crippen molar-refractivity contribution in [3.63, 3.8) is 0 Å². The number of amides is 1. The number of nitrogens with two attached hydrogens (primary N) is 1. The highest BCUT2D eigenvalue weighted by Crippen LogP contribution is 2.20. The molecule has 0 radical (unpaired) electrons. The van der Waals surface area contributed by atoms with E-state index >= 15 is 0 Å². The molecule has 0 fully saturated rings. The van der Waals surface area contributed by atoms with Crippen LogP contribution in [0.2, 0.25) is 0 Å². The number of benzene rings is 2. The number of carbonyl (C=O) groups excluding carboxylic acids is 1. The minimum Gasteiger partial charge on any atom is -0.385 e. The smallest absolute Gasteiger partial charge is 0.294 e. The van der Waals surface area contributed by atoms with Gasteiger partial charge in [-0.15, -0.1) is 0 Å². The summed E-state index contributed by atoms with van der Waals surface area (Å²) in [4.78, 5) is 25.1. The number of hydrogen-bond donors (Lipinski definition) is 4. The first-order chi connectivity index (χ1) is 19.8. The van der Waals surface area contributed by atoms with Gasteiger partial charge in [0.25, 0.3) is 16.0 Å². The Morgan fingerprint density at radius 3 is 2.34 bits per heavy atom. The van der Waals surface area contributed by atoms with Crippen molar-refractivity contribution < 1.29 is 22.5 Å². The molecule has 2 aromatic carbocycles. The molecule has 2 aromatic heterocycles. The minimum absolute atomic E-state index is 0.0741. The highest BCUT2D eigenvalue weighted by atomic mass is 32.2. The van der Waals surface area contributed by atoms with Crippen LogP contribution in [-0.2, 0) is 21.3 Å². The second kappa shape index (κ2) is 16.1. The molecule has 5 N–H and O–H groups in total. The summed E-state index contributed by atoms with van der Waals surface area (Å²) >= 11 is 0. The van der Waals surface area contributed by atoms with Gasteiger partial charge in [0, 0.05) is 25.5 Å². The zero-order chi connectivity index (χ0) is 29.5. The standard InChI is InChI=1S/C23H28N6O2.C6H6O3S/c1-31-14-4-13-25-11-2-5-17-7-9-18(10-8-17)20-16-27-22(24)21(29-20)23(30)28-19-6-3-12-26-15-19;7-10(8,9)6-4-2-1-3-5-6/h3,6-10,12,15-16,25H,2,4-5,11,13-14H2,1H3,(H2,24,27)(H,28,30);1-5H,(H,7,8,9). The van der Waals surface area contributed by atoms with Crippen LogP contribution in [0.25, 0.3) is 11.3 Å². The molecule has 0 unspecified atom stereocenters. The van der Waals surface area contributed by atoms with Crippen LogP contribution in [-0.4, -0.2) is 60.6 Å². The third-order valence-electron chi connectivity index (χ3n) is 5.75. The van der Waals surface area contributed by atoms with Crippen molar-refractivity contribution in [1.29, 1.82) is 0 Å². The number of aromatic nitrogens is 3. The zero-order valence-electron chi connectivity index (χ0n) is 22.7. The first-order valence-corrected chi connectivity index (χ1v) is 14.4. The van der Waals surface area contributed by atoms with Gasteiger partial charge in [-0.2, -0.15) is 8.42 Å². The van der Waals surface area contributed by atoms with E-state index in [1.54, 1.807) is 56.0 Å². The van der Waals surface area contributed by atoms with E-state index in [2.05, 4.69) is 37.7 Å². The number of ether oxygens (including phenoxy) is 1. The van der Waals surface area contributed by atoms with Crippen LogP contribution < -0.4 is 16.4 Å². The van der Waals surface area contributed by atoms with Gasteiger partial charge < -0.3 is 21.1 Å². The number of nitrogen functional groups attached to an aromatic ring is 1. The van der Waals surface area contributed by atoms with E-state index < -0.39 is 16.0 Å². The molecular weight excluding hydrogens is 544 g/mol. The average molecular weight is 579 g/mol. The van der Waals surface area contributed by atoms with Crippen LogP contribution in [0, 0.1) is 0 Å². The number of anilines is 2. The summed E-state index contributed by atoms with van der Waals surface area (Å²) in [6, 6.07) is 19.0.